The minimum atomic E-state index is -0.933. The number of benzene rings is 1. The van der Waals surface area contributed by atoms with Crippen molar-refractivity contribution < 1.29 is 19.0 Å². The van der Waals surface area contributed by atoms with Crippen LogP contribution >= 0.6 is 0 Å². The van der Waals surface area contributed by atoms with Gasteiger partial charge in [-0.2, -0.15) is 0 Å². The summed E-state index contributed by atoms with van der Waals surface area (Å²) >= 11 is 0. The van der Waals surface area contributed by atoms with Crippen molar-refractivity contribution in [1.82, 2.24) is 0 Å². The van der Waals surface area contributed by atoms with Crippen molar-refractivity contribution in [2.24, 2.45) is 0 Å². The minimum Gasteiger partial charge on any atom is -0.493 e. The summed E-state index contributed by atoms with van der Waals surface area (Å²) in [6, 6.07) is 2.89. The van der Waals surface area contributed by atoms with E-state index in [1.54, 1.807) is 13.0 Å². The molecule has 2 rings (SSSR count). The van der Waals surface area contributed by atoms with E-state index in [0.29, 0.717) is 18.4 Å². The molecule has 1 fully saturated rings. The summed E-state index contributed by atoms with van der Waals surface area (Å²) < 4.78 is 18.5. The Morgan fingerprint density at radius 1 is 1.50 bits per heavy atom. The Labute approximate surface area is 92.9 Å². The van der Waals surface area contributed by atoms with Crippen LogP contribution in [0.1, 0.15) is 24.0 Å². The maximum Gasteiger partial charge on any atom is 0.314 e. The third-order valence-electron chi connectivity index (χ3n) is 3.16. The molecule has 0 radical (unpaired) electrons. The van der Waals surface area contributed by atoms with Crippen molar-refractivity contribution in [3.8, 4) is 5.75 Å². The molecule has 0 spiro atoms. The summed E-state index contributed by atoms with van der Waals surface area (Å²) in [6.45, 7) is 1.78. The number of aryl methyl sites for hydroxylation is 1. The number of carboxylic acid groups (broad SMARTS) is 1. The molecule has 0 heterocycles. The molecule has 1 saturated carbocycles. The highest BCUT2D eigenvalue weighted by Gasteiger charge is 2.54. The van der Waals surface area contributed by atoms with Crippen molar-refractivity contribution >= 4 is 5.97 Å². The van der Waals surface area contributed by atoms with Gasteiger partial charge >= 0.3 is 5.97 Å². The quantitative estimate of drug-likeness (QED) is 0.856. The fraction of sp³-hybridized carbons (Fsp3) is 0.417. The number of rotatable bonds is 3. The summed E-state index contributed by atoms with van der Waals surface area (Å²) in [5.41, 5.74) is 0.318. The maximum absolute atomic E-state index is 13.5. The molecule has 86 valence electrons. The Morgan fingerprint density at radius 2 is 2.12 bits per heavy atom. The Hall–Kier alpha value is -1.58. The van der Waals surface area contributed by atoms with E-state index >= 15 is 0 Å². The lowest BCUT2D eigenvalue weighted by Crippen LogP contribution is -2.22. The lowest BCUT2D eigenvalue weighted by Gasteiger charge is -2.17. The summed E-state index contributed by atoms with van der Waals surface area (Å²) in [4.78, 5) is 11.2. The van der Waals surface area contributed by atoms with E-state index in [9.17, 15) is 14.3 Å². The smallest absolute Gasteiger partial charge is 0.314 e. The molecular formula is C12H13FO3. The van der Waals surface area contributed by atoms with Crippen LogP contribution in [0.5, 0.6) is 5.75 Å². The van der Waals surface area contributed by atoms with Gasteiger partial charge in [-0.15, -0.1) is 0 Å². The molecule has 0 bridgehead atoms. The second-order valence-corrected chi connectivity index (χ2v) is 4.16. The van der Waals surface area contributed by atoms with E-state index in [0.717, 1.165) is 5.56 Å². The molecule has 0 amide bonds. The normalized spacial score (nSPS) is 16.9. The monoisotopic (exact) mass is 224 g/mol. The molecule has 1 aliphatic rings. The molecule has 16 heavy (non-hydrogen) atoms. The molecule has 0 aromatic heterocycles. The van der Waals surface area contributed by atoms with E-state index in [2.05, 4.69) is 0 Å². The standard InChI is InChI=1S/C12H13FO3/c1-7-3-4-8(13)10(16-2)9(7)12(5-6-12)11(14)15/h3-4H,5-6H2,1-2H3,(H,14,15). The molecule has 0 aliphatic heterocycles. The molecule has 1 aromatic carbocycles. The van der Waals surface area contributed by atoms with E-state index in [4.69, 9.17) is 4.74 Å². The lowest BCUT2D eigenvalue weighted by atomic mass is 9.91. The van der Waals surface area contributed by atoms with Gasteiger partial charge < -0.3 is 9.84 Å². The Bertz CT molecular complexity index is 450. The van der Waals surface area contributed by atoms with Crippen LogP contribution in [0, 0.1) is 12.7 Å². The number of carbonyl (C=O) groups is 1. The second kappa shape index (κ2) is 3.47. The Morgan fingerprint density at radius 3 is 2.56 bits per heavy atom. The first-order valence-electron chi connectivity index (χ1n) is 5.10. The van der Waals surface area contributed by atoms with Crippen molar-refractivity contribution in [2.45, 2.75) is 25.2 Å². The van der Waals surface area contributed by atoms with Crippen molar-refractivity contribution in [3.05, 3.63) is 29.1 Å². The van der Waals surface area contributed by atoms with Crippen LogP contribution in [0.3, 0.4) is 0 Å². The number of ether oxygens (including phenoxy) is 1. The van der Waals surface area contributed by atoms with Crippen LogP contribution < -0.4 is 4.74 Å². The van der Waals surface area contributed by atoms with Crippen LogP contribution in [-0.4, -0.2) is 18.2 Å². The molecule has 1 aromatic rings. The third-order valence-corrected chi connectivity index (χ3v) is 3.16. The zero-order valence-electron chi connectivity index (χ0n) is 9.21. The van der Waals surface area contributed by atoms with Crippen LogP contribution in [0.25, 0.3) is 0 Å². The Kier molecular flexibility index (Phi) is 2.37. The van der Waals surface area contributed by atoms with Crippen LogP contribution in [0.2, 0.25) is 0 Å². The first-order valence-corrected chi connectivity index (χ1v) is 5.10. The lowest BCUT2D eigenvalue weighted by molar-refractivity contribution is -0.140. The zero-order chi connectivity index (χ0) is 11.9. The highest BCUT2D eigenvalue weighted by molar-refractivity contribution is 5.86. The SMILES string of the molecule is COc1c(F)ccc(C)c1C1(C(=O)O)CC1. The molecular weight excluding hydrogens is 211 g/mol. The van der Waals surface area contributed by atoms with Gasteiger partial charge in [0.25, 0.3) is 0 Å². The first-order chi connectivity index (χ1) is 7.53. The molecule has 1 N–H and O–H groups in total. The first kappa shape index (κ1) is 10.9. The fourth-order valence-corrected chi connectivity index (χ4v) is 2.15. The summed E-state index contributed by atoms with van der Waals surface area (Å²) in [7, 11) is 1.36. The van der Waals surface area contributed by atoms with Crippen LogP contribution in [-0.2, 0) is 10.2 Å². The van der Waals surface area contributed by atoms with E-state index in [-0.39, 0.29) is 5.75 Å². The predicted molar refractivity (Wildman–Crippen MR) is 56.2 cm³/mol. The van der Waals surface area contributed by atoms with E-state index < -0.39 is 17.2 Å². The topological polar surface area (TPSA) is 46.5 Å². The predicted octanol–water partition coefficient (Wildman–Crippen LogP) is 2.26. The highest BCUT2D eigenvalue weighted by Crippen LogP contribution is 2.53. The van der Waals surface area contributed by atoms with Gasteiger partial charge in [-0.25, -0.2) is 4.39 Å². The minimum absolute atomic E-state index is 0.0694. The van der Waals surface area contributed by atoms with Crippen LogP contribution in [0.15, 0.2) is 12.1 Å². The number of methoxy groups -OCH3 is 1. The maximum atomic E-state index is 13.5. The largest absolute Gasteiger partial charge is 0.493 e. The average Bonchev–Trinajstić information content (AvgIpc) is 3.02. The number of hydrogen-bond donors (Lipinski definition) is 1. The average molecular weight is 224 g/mol. The fourth-order valence-electron chi connectivity index (χ4n) is 2.15. The van der Waals surface area contributed by atoms with E-state index in [1.807, 2.05) is 0 Å². The van der Waals surface area contributed by atoms with Gasteiger partial charge in [-0.05, 0) is 31.4 Å². The van der Waals surface area contributed by atoms with Crippen molar-refractivity contribution in [1.29, 1.82) is 0 Å². The zero-order valence-corrected chi connectivity index (χ0v) is 9.21. The number of hydrogen-bond acceptors (Lipinski definition) is 2. The van der Waals surface area contributed by atoms with Gasteiger partial charge in [0.05, 0.1) is 12.5 Å². The summed E-state index contributed by atoms with van der Waals surface area (Å²) in [5.74, 6) is -1.34. The number of carboxylic acids is 1. The van der Waals surface area contributed by atoms with Crippen molar-refractivity contribution in [2.75, 3.05) is 7.11 Å². The van der Waals surface area contributed by atoms with Gasteiger partial charge in [0.2, 0.25) is 0 Å². The number of aliphatic carboxylic acids is 1. The molecule has 1 aliphatic carbocycles. The molecule has 3 nitrogen and oxygen atoms in total. The van der Waals surface area contributed by atoms with Gasteiger partial charge in [0.15, 0.2) is 11.6 Å². The molecule has 0 unspecified atom stereocenters. The van der Waals surface area contributed by atoms with Gasteiger partial charge in [0.1, 0.15) is 0 Å². The summed E-state index contributed by atoms with van der Waals surface area (Å²) in [6.07, 6.45) is 1.09. The highest BCUT2D eigenvalue weighted by atomic mass is 19.1. The summed E-state index contributed by atoms with van der Waals surface area (Å²) in [5, 5.41) is 9.21. The van der Waals surface area contributed by atoms with Crippen molar-refractivity contribution in [3.63, 3.8) is 0 Å². The number of halogens is 1. The van der Waals surface area contributed by atoms with Crippen LogP contribution in [0.4, 0.5) is 4.39 Å². The molecule has 0 atom stereocenters. The van der Waals surface area contributed by atoms with Gasteiger partial charge in [0, 0.05) is 5.56 Å². The molecule has 0 saturated heterocycles. The third kappa shape index (κ3) is 1.37. The van der Waals surface area contributed by atoms with Gasteiger partial charge in [-0.1, -0.05) is 6.07 Å². The Balaban J connectivity index is 2.64. The second-order valence-electron chi connectivity index (χ2n) is 4.16. The van der Waals surface area contributed by atoms with E-state index in [1.165, 1.54) is 13.2 Å². The van der Waals surface area contributed by atoms with Gasteiger partial charge in [-0.3, -0.25) is 4.79 Å². The molecule has 4 heteroatoms.